The molecule has 1 aromatic carbocycles. The van der Waals surface area contributed by atoms with Gasteiger partial charge in [-0.3, -0.25) is 14.9 Å². The van der Waals surface area contributed by atoms with Gasteiger partial charge in [-0.1, -0.05) is 6.07 Å². The van der Waals surface area contributed by atoms with Gasteiger partial charge in [0, 0.05) is 6.07 Å². The molecule has 1 aliphatic heterocycles. The minimum atomic E-state index is -0.727. The van der Waals surface area contributed by atoms with Crippen molar-refractivity contribution < 1.29 is 28.7 Å². The van der Waals surface area contributed by atoms with Crippen LogP contribution in [0.1, 0.15) is 22.8 Å². The second-order valence-electron chi connectivity index (χ2n) is 5.22. The summed E-state index contributed by atoms with van der Waals surface area (Å²) in [6.45, 7) is 1.87. The highest BCUT2D eigenvalue weighted by Gasteiger charge is 2.24. The zero-order valence-corrected chi connectivity index (χ0v) is 14.5. The Kier molecular flexibility index (Phi) is 5.03. The third-order valence-corrected chi connectivity index (χ3v) is 4.45. The van der Waals surface area contributed by atoms with Gasteiger partial charge in [0.15, 0.2) is 11.5 Å². The number of amides is 1. The molecule has 0 atom stereocenters. The van der Waals surface area contributed by atoms with Crippen LogP contribution in [-0.4, -0.2) is 30.2 Å². The van der Waals surface area contributed by atoms with E-state index in [4.69, 9.17) is 14.2 Å². The fourth-order valence-corrected chi connectivity index (χ4v) is 3.21. The van der Waals surface area contributed by atoms with E-state index in [2.05, 4.69) is 5.32 Å². The number of thiophene rings is 1. The molecule has 0 unspecified atom stereocenters. The number of carbonyl (C=O) groups excluding carboxylic acids is 2. The number of nitrogens with one attached hydrogen (secondary N) is 1. The molecule has 26 heavy (non-hydrogen) atoms. The Hall–Kier alpha value is -3.14. The molecule has 1 amide bonds. The van der Waals surface area contributed by atoms with Gasteiger partial charge in [0.05, 0.1) is 18.0 Å². The molecule has 9 nitrogen and oxygen atoms in total. The van der Waals surface area contributed by atoms with E-state index in [1.54, 1.807) is 25.1 Å². The van der Waals surface area contributed by atoms with E-state index in [9.17, 15) is 19.7 Å². The van der Waals surface area contributed by atoms with Crippen molar-refractivity contribution in [3.63, 3.8) is 0 Å². The average molecular weight is 378 g/mol. The van der Waals surface area contributed by atoms with E-state index in [0.717, 1.165) is 6.07 Å². The summed E-state index contributed by atoms with van der Waals surface area (Å²) in [5.74, 6) is 0.00306. The van der Waals surface area contributed by atoms with Crippen LogP contribution >= 0.6 is 11.3 Å². The molecule has 0 saturated heterocycles. The fourth-order valence-electron chi connectivity index (χ4n) is 2.33. The highest BCUT2D eigenvalue weighted by Crippen LogP contribution is 2.35. The lowest BCUT2D eigenvalue weighted by atomic mass is 10.1. The Morgan fingerprint density at radius 2 is 2.08 bits per heavy atom. The summed E-state index contributed by atoms with van der Waals surface area (Å²) in [7, 11) is 0. The molecule has 0 radical (unpaired) electrons. The van der Waals surface area contributed by atoms with Crippen molar-refractivity contribution >= 4 is 33.2 Å². The Bertz CT molecular complexity index is 877. The Balaban J connectivity index is 1.75. The van der Waals surface area contributed by atoms with Gasteiger partial charge < -0.3 is 19.5 Å². The molecule has 3 rings (SSSR count). The molecule has 0 fully saturated rings. The van der Waals surface area contributed by atoms with E-state index in [0.29, 0.717) is 28.4 Å². The van der Waals surface area contributed by atoms with Crippen molar-refractivity contribution in [1.82, 2.24) is 0 Å². The second-order valence-corrected chi connectivity index (χ2v) is 6.25. The van der Waals surface area contributed by atoms with Crippen molar-refractivity contribution in [2.24, 2.45) is 0 Å². The van der Waals surface area contributed by atoms with Crippen molar-refractivity contribution in [3.8, 4) is 11.5 Å². The maximum atomic E-state index is 12.3. The molecule has 1 aliphatic rings. The lowest BCUT2D eigenvalue weighted by molar-refractivity contribution is -0.380. The molecule has 136 valence electrons. The zero-order valence-electron chi connectivity index (χ0n) is 13.6. The number of fused-ring (bicyclic) bond motifs is 1. The van der Waals surface area contributed by atoms with Crippen LogP contribution in [0.25, 0.3) is 0 Å². The molecule has 0 spiro atoms. The number of carbonyl (C=O) groups is 2. The van der Waals surface area contributed by atoms with Crippen LogP contribution in [0.5, 0.6) is 11.5 Å². The van der Waals surface area contributed by atoms with Crippen molar-refractivity contribution in [1.29, 1.82) is 0 Å². The summed E-state index contributed by atoms with van der Waals surface area (Å²) in [5, 5.41) is 13.3. The monoisotopic (exact) mass is 378 g/mol. The predicted octanol–water partition coefficient (Wildman–Crippen LogP) is 2.74. The van der Waals surface area contributed by atoms with Crippen LogP contribution in [0.2, 0.25) is 0 Å². The van der Waals surface area contributed by atoms with E-state index < -0.39 is 16.8 Å². The van der Waals surface area contributed by atoms with Crippen molar-refractivity contribution in [2.75, 3.05) is 18.7 Å². The number of ether oxygens (including phenoxy) is 3. The van der Waals surface area contributed by atoms with Gasteiger partial charge in [-0.15, -0.1) is 0 Å². The summed E-state index contributed by atoms with van der Waals surface area (Å²) in [4.78, 5) is 34.6. The molecular formula is C16H14N2O7S. The summed E-state index contributed by atoms with van der Waals surface area (Å²) in [6, 6.07) is 6.20. The molecule has 10 heteroatoms. The smallest absolute Gasteiger partial charge is 0.341 e. The third kappa shape index (κ3) is 3.75. The number of hydrogen-bond donors (Lipinski definition) is 1. The van der Waals surface area contributed by atoms with Gasteiger partial charge in [0.25, 0.3) is 0 Å². The lowest BCUT2D eigenvalue weighted by Gasteiger charge is -2.06. The summed E-state index contributed by atoms with van der Waals surface area (Å²) < 4.78 is 15.3. The molecule has 1 N–H and O–H groups in total. The van der Waals surface area contributed by atoms with Gasteiger partial charge in [0.2, 0.25) is 12.7 Å². The van der Waals surface area contributed by atoms with E-state index in [1.807, 2.05) is 0 Å². The standard InChI is InChI=1S/C16H14N2O7S/c1-2-23-16(20)10-7-14(18(21)22)26-15(10)17-13(19)6-9-3-4-11-12(5-9)25-8-24-11/h3-5,7H,2,6,8H2,1H3,(H,17,19). The van der Waals surface area contributed by atoms with Crippen molar-refractivity contribution in [3.05, 3.63) is 45.5 Å². The lowest BCUT2D eigenvalue weighted by Crippen LogP contribution is -2.16. The summed E-state index contributed by atoms with van der Waals surface area (Å²) in [5.41, 5.74) is 0.637. The molecule has 2 heterocycles. The van der Waals surface area contributed by atoms with E-state index in [1.165, 1.54) is 0 Å². The first-order valence-corrected chi connectivity index (χ1v) is 8.43. The van der Waals surface area contributed by atoms with Crippen LogP contribution in [0, 0.1) is 10.1 Å². The highest BCUT2D eigenvalue weighted by atomic mass is 32.1. The van der Waals surface area contributed by atoms with Crippen LogP contribution < -0.4 is 14.8 Å². The minimum absolute atomic E-state index is 0.00457. The van der Waals surface area contributed by atoms with Gasteiger partial charge in [-0.05, 0) is 36.0 Å². The molecule has 1 aromatic heterocycles. The number of nitrogens with zero attached hydrogens (tertiary/aromatic N) is 1. The minimum Gasteiger partial charge on any atom is -0.462 e. The van der Waals surface area contributed by atoms with Gasteiger partial charge in [-0.25, -0.2) is 4.79 Å². The Labute approximate surface area is 151 Å². The maximum Gasteiger partial charge on any atom is 0.341 e. The molecule has 0 bridgehead atoms. The first-order chi connectivity index (χ1) is 12.5. The summed E-state index contributed by atoms with van der Waals surface area (Å²) in [6.07, 6.45) is 0.00457. The van der Waals surface area contributed by atoms with E-state index >= 15 is 0 Å². The number of anilines is 1. The van der Waals surface area contributed by atoms with Gasteiger partial charge in [-0.2, -0.15) is 0 Å². The average Bonchev–Trinajstić information content (AvgIpc) is 3.21. The highest BCUT2D eigenvalue weighted by molar-refractivity contribution is 7.19. The molecule has 0 aliphatic carbocycles. The first kappa shape index (κ1) is 17.7. The SMILES string of the molecule is CCOC(=O)c1cc([N+](=O)[O-])sc1NC(=O)Cc1ccc2c(c1)OCO2. The van der Waals surface area contributed by atoms with Crippen LogP contribution in [0.3, 0.4) is 0 Å². The number of hydrogen-bond acceptors (Lipinski definition) is 8. The van der Waals surface area contributed by atoms with Crippen LogP contribution in [-0.2, 0) is 16.0 Å². The Morgan fingerprint density at radius 1 is 1.31 bits per heavy atom. The van der Waals surface area contributed by atoms with Gasteiger partial charge >= 0.3 is 11.0 Å². The quantitative estimate of drug-likeness (QED) is 0.466. The number of esters is 1. The maximum absolute atomic E-state index is 12.3. The van der Waals surface area contributed by atoms with Crippen LogP contribution in [0.15, 0.2) is 24.3 Å². The van der Waals surface area contributed by atoms with E-state index in [-0.39, 0.29) is 35.4 Å². The van der Waals surface area contributed by atoms with Gasteiger partial charge in [0.1, 0.15) is 10.6 Å². The number of rotatable bonds is 6. The number of benzene rings is 1. The molecule has 0 saturated carbocycles. The zero-order chi connectivity index (χ0) is 18.7. The molecular weight excluding hydrogens is 364 g/mol. The third-order valence-electron chi connectivity index (χ3n) is 3.45. The molecule has 2 aromatic rings. The number of nitro groups is 1. The van der Waals surface area contributed by atoms with Crippen molar-refractivity contribution in [2.45, 2.75) is 13.3 Å². The van der Waals surface area contributed by atoms with Crippen LogP contribution in [0.4, 0.5) is 10.0 Å². The summed E-state index contributed by atoms with van der Waals surface area (Å²) >= 11 is 0.704. The first-order valence-electron chi connectivity index (χ1n) is 7.61. The normalized spacial score (nSPS) is 11.9. The fraction of sp³-hybridized carbons (Fsp3) is 0.250. The second kappa shape index (κ2) is 7.40. The Morgan fingerprint density at radius 3 is 2.81 bits per heavy atom. The predicted molar refractivity (Wildman–Crippen MR) is 91.8 cm³/mol. The largest absolute Gasteiger partial charge is 0.462 e. The topological polar surface area (TPSA) is 117 Å².